The van der Waals surface area contributed by atoms with E-state index in [1.807, 2.05) is 0 Å². The van der Waals surface area contributed by atoms with Crippen LogP contribution < -0.4 is 5.73 Å². The van der Waals surface area contributed by atoms with Gasteiger partial charge in [-0.3, -0.25) is 0 Å². The van der Waals surface area contributed by atoms with Crippen LogP contribution in [0.3, 0.4) is 0 Å². The molecule has 8 heteroatoms. The lowest BCUT2D eigenvalue weighted by Gasteiger charge is -2.13. The van der Waals surface area contributed by atoms with E-state index in [2.05, 4.69) is 46.9 Å². The van der Waals surface area contributed by atoms with Crippen molar-refractivity contribution in [1.29, 1.82) is 0 Å². The molecular formula is C8H11Br2N5O. The van der Waals surface area contributed by atoms with E-state index in [0.717, 1.165) is 0 Å². The first kappa shape index (κ1) is 13.3. The molecule has 1 aromatic heterocycles. The summed E-state index contributed by atoms with van der Waals surface area (Å²) in [5.74, 6) is 0.179. The Bertz CT molecular complexity index is 441. The number of rotatable bonds is 1. The van der Waals surface area contributed by atoms with E-state index < -0.39 is 5.54 Å². The number of nitrogen functional groups attached to an aromatic ring is 1. The van der Waals surface area contributed by atoms with Gasteiger partial charge in [-0.05, 0) is 57.6 Å². The molecule has 0 fully saturated rings. The molecule has 88 valence electrons. The van der Waals surface area contributed by atoms with Gasteiger partial charge < -0.3 is 10.9 Å². The Morgan fingerprint density at radius 3 is 2.31 bits per heavy atom. The predicted octanol–water partition coefficient (Wildman–Crippen LogP) is 2.98. The molecular weight excluding hydrogens is 342 g/mol. The average molecular weight is 353 g/mol. The minimum atomic E-state index is -0.495. The first-order valence-electron chi connectivity index (χ1n) is 4.39. The van der Waals surface area contributed by atoms with Crippen LogP contribution in [0.25, 0.3) is 0 Å². The molecule has 1 aromatic rings. The largest absolute Gasteiger partial charge is 0.691 e. The third kappa shape index (κ3) is 3.38. The zero-order valence-electron chi connectivity index (χ0n) is 9.03. The quantitative estimate of drug-likeness (QED) is 0.478. The van der Waals surface area contributed by atoms with Crippen molar-refractivity contribution in [2.45, 2.75) is 26.3 Å². The van der Waals surface area contributed by atoms with Crippen LogP contribution in [0.1, 0.15) is 20.8 Å². The Hall–Kier alpha value is -0.760. The lowest BCUT2D eigenvalue weighted by atomic mass is 10.1. The predicted molar refractivity (Wildman–Crippen MR) is 67.3 cm³/mol. The van der Waals surface area contributed by atoms with Crippen molar-refractivity contribution in [1.82, 2.24) is 9.97 Å². The minimum absolute atomic E-state index is 0.0376. The van der Waals surface area contributed by atoms with Crippen molar-refractivity contribution in [2.75, 3.05) is 5.73 Å². The van der Waals surface area contributed by atoms with Gasteiger partial charge in [-0.25, -0.2) is 4.98 Å². The van der Waals surface area contributed by atoms with Crippen LogP contribution in [0.5, 0.6) is 0 Å². The first-order chi connectivity index (χ1) is 7.20. The molecule has 0 atom stereocenters. The van der Waals surface area contributed by atoms with Crippen molar-refractivity contribution >= 4 is 43.5 Å². The van der Waals surface area contributed by atoms with Gasteiger partial charge in [-0.2, -0.15) is 0 Å². The van der Waals surface area contributed by atoms with Gasteiger partial charge in [-0.15, -0.1) is 9.97 Å². The second kappa shape index (κ2) is 4.62. The fourth-order valence-electron chi connectivity index (χ4n) is 0.841. The Labute approximate surface area is 110 Å². The molecule has 6 nitrogen and oxygen atoms in total. The Morgan fingerprint density at radius 2 is 1.81 bits per heavy atom. The third-order valence-electron chi connectivity index (χ3n) is 1.39. The summed E-state index contributed by atoms with van der Waals surface area (Å²) in [7, 11) is 0. The molecule has 1 rings (SSSR count). The highest BCUT2D eigenvalue weighted by Gasteiger charge is 2.20. The summed E-state index contributed by atoms with van der Waals surface area (Å²) >= 11 is 6.24. The summed E-state index contributed by atoms with van der Waals surface area (Å²) in [6.45, 7) is 5.42. The van der Waals surface area contributed by atoms with Gasteiger partial charge in [0, 0.05) is 0 Å². The van der Waals surface area contributed by atoms with Gasteiger partial charge in [0.15, 0.2) is 4.60 Å². The van der Waals surface area contributed by atoms with Gasteiger partial charge in [0.1, 0.15) is 0 Å². The molecule has 0 saturated heterocycles. The van der Waals surface area contributed by atoms with Crippen LogP contribution >= 0.6 is 31.9 Å². The van der Waals surface area contributed by atoms with Gasteiger partial charge >= 0.3 is 5.82 Å². The van der Waals surface area contributed by atoms with Crippen molar-refractivity contribution in [3.63, 3.8) is 0 Å². The van der Waals surface area contributed by atoms with Crippen LogP contribution in [-0.2, 0) is 0 Å². The molecule has 0 unspecified atom stereocenters. The van der Waals surface area contributed by atoms with Crippen molar-refractivity contribution in [2.24, 2.45) is 5.11 Å². The number of anilines is 1. The van der Waals surface area contributed by atoms with E-state index in [-0.39, 0.29) is 16.2 Å². The molecule has 1 heterocycles. The lowest BCUT2D eigenvalue weighted by Crippen LogP contribution is -2.14. The standard InChI is InChI=1S/C8H11Br2N5O/c1-8(2,3)14-15(16)7-5(10)12-4(9)6(11)13-7/h1-3H3,(H2,11,13). The number of hydrogen-bond acceptors (Lipinski definition) is 5. The lowest BCUT2D eigenvalue weighted by molar-refractivity contribution is -0.454. The Balaban J connectivity index is 3.24. The van der Waals surface area contributed by atoms with Crippen molar-refractivity contribution in [3.8, 4) is 0 Å². The molecule has 0 aliphatic carbocycles. The van der Waals surface area contributed by atoms with Gasteiger partial charge in [0.25, 0.3) is 5.82 Å². The molecule has 0 amide bonds. The molecule has 16 heavy (non-hydrogen) atoms. The van der Waals surface area contributed by atoms with Crippen LogP contribution in [0, 0.1) is 5.21 Å². The van der Waals surface area contributed by atoms with E-state index >= 15 is 0 Å². The molecule has 2 N–H and O–H groups in total. The maximum Gasteiger partial charge on any atom is 0.382 e. The topological polar surface area (TPSA) is 90.2 Å². The Kier molecular flexibility index (Phi) is 3.84. The first-order valence-corrected chi connectivity index (χ1v) is 5.98. The summed E-state index contributed by atoms with van der Waals surface area (Å²) in [6, 6.07) is 0. The van der Waals surface area contributed by atoms with Crippen molar-refractivity contribution < 1.29 is 4.86 Å². The molecule has 0 bridgehead atoms. The highest BCUT2D eigenvalue weighted by molar-refractivity contribution is 9.11. The second-order valence-corrected chi connectivity index (χ2v) is 5.56. The zero-order chi connectivity index (χ0) is 12.5. The zero-order valence-corrected chi connectivity index (χ0v) is 12.2. The number of nitrogens with two attached hydrogens (primary N) is 1. The molecule has 0 aromatic carbocycles. The SMILES string of the molecule is CC(C)(C)N=[N+]([O-])c1nc(N)c(Br)nc1Br. The number of azo groups is 1. The molecule has 0 spiro atoms. The number of aromatic nitrogens is 2. The summed E-state index contributed by atoms with van der Waals surface area (Å²) in [4.78, 5) is 8.28. The van der Waals surface area contributed by atoms with Crippen LogP contribution in [0.2, 0.25) is 0 Å². The van der Waals surface area contributed by atoms with Gasteiger partial charge in [-0.1, -0.05) is 0 Å². The Morgan fingerprint density at radius 1 is 1.25 bits per heavy atom. The van der Waals surface area contributed by atoms with E-state index in [1.54, 1.807) is 20.8 Å². The molecule has 0 aliphatic heterocycles. The number of halogens is 2. The highest BCUT2D eigenvalue weighted by atomic mass is 79.9. The second-order valence-electron chi connectivity index (χ2n) is 4.06. The maximum atomic E-state index is 11.7. The van der Waals surface area contributed by atoms with E-state index in [9.17, 15) is 5.21 Å². The summed E-state index contributed by atoms with van der Waals surface area (Å²) in [5.41, 5.74) is 5.05. The fraction of sp³-hybridized carbons (Fsp3) is 0.500. The highest BCUT2D eigenvalue weighted by Crippen LogP contribution is 2.26. The van der Waals surface area contributed by atoms with Crippen LogP contribution in [0.15, 0.2) is 14.3 Å². The molecule has 0 aliphatic rings. The van der Waals surface area contributed by atoms with Gasteiger partial charge in [0.05, 0.1) is 5.54 Å². The summed E-state index contributed by atoms with van der Waals surface area (Å²) in [6.07, 6.45) is 0. The van der Waals surface area contributed by atoms with E-state index in [4.69, 9.17) is 5.73 Å². The summed E-state index contributed by atoms with van der Waals surface area (Å²) in [5, 5.41) is 15.6. The van der Waals surface area contributed by atoms with Crippen molar-refractivity contribution in [3.05, 3.63) is 14.4 Å². The molecule has 0 saturated carbocycles. The molecule has 0 radical (unpaired) electrons. The monoisotopic (exact) mass is 351 g/mol. The van der Waals surface area contributed by atoms with Gasteiger partial charge in [0.2, 0.25) is 4.60 Å². The smallest absolute Gasteiger partial charge is 0.382 e. The fourth-order valence-corrected chi connectivity index (χ4v) is 1.76. The average Bonchev–Trinajstić information content (AvgIpc) is 2.08. The van der Waals surface area contributed by atoms with E-state index in [1.165, 1.54) is 0 Å². The normalized spacial score (nSPS) is 12.9. The minimum Gasteiger partial charge on any atom is -0.691 e. The van der Waals surface area contributed by atoms with Crippen LogP contribution in [0.4, 0.5) is 11.6 Å². The third-order valence-corrected chi connectivity index (χ3v) is 2.51. The summed E-state index contributed by atoms with van der Waals surface area (Å²) < 4.78 is 0.670. The maximum absolute atomic E-state index is 11.7. The van der Waals surface area contributed by atoms with E-state index in [0.29, 0.717) is 9.46 Å². The van der Waals surface area contributed by atoms with Crippen LogP contribution in [-0.4, -0.2) is 20.4 Å². The number of nitrogens with zero attached hydrogens (tertiary/aromatic N) is 4. The number of hydrogen-bond donors (Lipinski definition) is 1.